The number of carbonyl (C=O) groups is 1. The van der Waals surface area contributed by atoms with E-state index < -0.39 is 0 Å². The Hall–Kier alpha value is -1.73. The van der Waals surface area contributed by atoms with E-state index in [1.54, 1.807) is 17.7 Å². The number of nitrogens with zero attached hydrogens (tertiary/aromatic N) is 4. The number of amides is 1. The number of hydrogen-bond donors (Lipinski definition) is 1. The van der Waals surface area contributed by atoms with Crippen LogP contribution in [-0.2, 0) is 4.79 Å². The van der Waals surface area contributed by atoms with Gasteiger partial charge in [-0.15, -0.1) is 11.3 Å². The number of piperidine rings is 2. The van der Waals surface area contributed by atoms with Crippen molar-refractivity contribution in [2.45, 2.75) is 59.8 Å². The lowest BCUT2D eigenvalue weighted by molar-refractivity contribution is -0.125. The lowest BCUT2D eigenvalue weighted by Crippen LogP contribution is -2.41. The van der Waals surface area contributed by atoms with E-state index >= 15 is 0 Å². The summed E-state index contributed by atoms with van der Waals surface area (Å²) in [5, 5.41) is 4.39. The number of likely N-dealkylation sites (tertiary alicyclic amines) is 1. The fraction of sp³-hybridized carbons (Fsp3) is 0.720. The molecule has 2 unspecified atom stereocenters. The Morgan fingerprint density at radius 2 is 1.84 bits per heavy atom. The quantitative estimate of drug-likeness (QED) is 0.625. The molecule has 0 aliphatic carbocycles. The minimum absolute atomic E-state index is 0.123. The van der Waals surface area contributed by atoms with Crippen LogP contribution in [-0.4, -0.2) is 60.0 Å². The summed E-state index contributed by atoms with van der Waals surface area (Å²) < 4.78 is 0. The van der Waals surface area contributed by atoms with E-state index in [-0.39, 0.29) is 11.8 Å². The first-order valence-corrected chi connectivity index (χ1v) is 13.2. The van der Waals surface area contributed by atoms with Gasteiger partial charge in [0, 0.05) is 43.5 Å². The van der Waals surface area contributed by atoms with Crippen molar-refractivity contribution in [3.05, 3.63) is 16.8 Å². The Kier molecular flexibility index (Phi) is 7.66. The molecule has 1 N–H and O–H groups in total. The van der Waals surface area contributed by atoms with Crippen LogP contribution in [0.5, 0.6) is 0 Å². The molecule has 32 heavy (non-hydrogen) atoms. The molecule has 0 bridgehead atoms. The second-order valence-corrected chi connectivity index (χ2v) is 11.3. The first kappa shape index (κ1) is 23.4. The third-order valence-electron chi connectivity index (χ3n) is 7.26. The number of aromatic nitrogens is 2. The highest BCUT2D eigenvalue weighted by Crippen LogP contribution is 2.35. The van der Waals surface area contributed by atoms with E-state index in [1.165, 1.54) is 41.8 Å². The molecule has 2 aromatic rings. The lowest BCUT2D eigenvalue weighted by Gasteiger charge is -2.35. The van der Waals surface area contributed by atoms with Crippen molar-refractivity contribution in [2.75, 3.05) is 44.2 Å². The Morgan fingerprint density at radius 1 is 1.12 bits per heavy atom. The molecule has 7 heteroatoms. The molecule has 0 saturated carbocycles. The van der Waals surface area contributed by atoms with E-state index in [9.17, 15) is 4.79 Å². The first-order valence-electron chi connectivity index (χ1n) is 12.4. The molecular weight excluding hydrogens is 418 g/mol. The molecule has 2 aliphatic heterocycles. The minimum atomic E-state index is 0.123. The smallest absolute Gasteiger partial charge is 0.223 e. The predicted molar refractivity (Wildman–Crippen MR) is 133 cm³/mol. The number of hydrogen-bond acceptors (Lipinski definition) is 6. The summed E-state index contributed by atoms with van der Waals surface area (Å²) in [6.07, 6.45) is 7.06. The third-order valence-corrected chi connectivity index (χ3v) is 8.37. The monoisotopic (exact) mass is 457 g/mol. The molecule has 2 fully saturated rings. The molecule has 1 amide bonds. The predicted octanol–water partition coefficient (Wildman–Crippen LogP) is 4.40. The summed E-state index contributed by atoms with van der Waals surface area (Å²) in [5.41, 5.74) is 1.29. The van der Waals surface area contributed by atoms with E-state index in [4.69, 9.17) is 0 Å². The van der Waals surface area contributed by atoms with Gasteiger partial charge in [0.1, 0.15) is 17.0 Å². The molecule has 0 radical (unpaired) electrons. The largest absolute Gasteiger partial charge is 0.356 e. The summed E-state index contributed by atoms with van der Waals surface area (Å²) in [6.45, 7) is 15.2. The molecule has 0 spiro atoms. The highest BCUT2D eigenvalue weighted by atomic mass is 32.1. The molecule has 0 aromatic carbocycles. The number of aryl methyl sites for hydroxylation is 2. The topological polar surface area (TPSA) is 61.4 Å². The number of anilines is 1. The normalized spacial score (nSPS) is 23.1. The van der Waals surface area contributed by atoms with E-state index in [1.807, 2.05) is 0 Å². The molecule has 2 aliphatic rings. The Balaban J connectivity index is 1.19. The maximum Gasteiger partial charge on any atom is 0.223 e. The number of nitrogens with one attached hydrogen (secondary N) is 1. The molecule has 4 rings (SSSR count). The standard InChI is InChI=1S/C25H39N5OS/c1-17-13-18(2)15-29(14-17)10-6-5-9-26-24(31)21-7-11-30(12-8-21)23-22-19(3)20(4)32-25(22)28-16-27-23/h16-18,21H,5-15H2,1-4H3,(H,26,31). The Bertz CT molecular complexity index is 910. The maximum atomic E-state index is 12.7. The molecule has 2 saturated heterocycles. The van der Waals surface area contributed by atoms with Gasteiger partial charge in [0.15, 0.2) is 0 Å². The van der Waals surface area contributed by atoms with Crippen LogP contribution in [0.25, 0.3) is 10.2 Å². The summed E-state index contributed by atoms with van der Waals surface area (Å²) >= 11 is 1.74. The zero-order valence-corrected chi connectivity index (χ0v) is 21.0. The van der Waals surface area contributed by atoms with Gasteiger partial charge < -0.3 is 15.1 Å². The SMILES string of the molecule is Cc1sc2ncnc(N3CCC(C(=O)NCCCCN4CC(C)CC(C)C4)CC3)c2c1C. The van der Waals surface area contributed by atoms with Crippen molar-refractivity contribution in [3.8, 4) is 0 Å². The fourth-order valence-corrected chi connectivity index (χ4v) is 6.54. The number of rotatable bonds is 7. The zero-order chi connectivity index (χ0) is 22.7. The van der Waals surface area contributed by atoms with Crippen LogP contribution < -0.4 is 10.2 Å². The first-order chi connectivity index (χ1) is 15.4. The summed E-state index contributed by atoms with van der Waals surface area (Å²) in [7, 11) is 0. The summed E-state index contributed by atoms with van der Waals surface area (Å²) in [4.78, 5) is 29.1. The van der Waals surface area contributed by atoms with Crippen molar-refractivity contribution in [3.63, 3.8) is 0 Å². The van der Waals surface area contributed by atoms with Crippen molar-refractivity contribution < 1.29 is 4.79 Å². The summed E-state index contributed by atoms with van der Waals surface area (Å²) in [6, 6.07) is 0. The number of carbonyl (C=O) groups excluding carboxylic acids is 1. The van der Waals surface area contributed by atoms with Gasteiger partial charge in [-0.1, -0.05) is 13.8 Å². The van der Waals surface area contributed by atoms with E-state index in [0.717, 1.165) is 67.9 Å². The van der Waals surface area contributed by atoms with Crippen LogP contribution >= 0.6 is 11.3 Å². The second kappa shape index (κ2) is 10.5. The Labute approximate surface area is 196 Å². The third kappa shape index (κ3) is 5.42. The lowest BCUT2D eigenvalue weighted by atomic mass is 9.92. The average Bonchev–Trinajstić information content (AvgIpc) is 3.06. The Morgan fingerprint density at radius 3 is 2.56 bits per heavy atom. The van der Waals surface area contributed by atoms with Gasteiger partial charge in [-0.2, -0.15) is 0 Å². The molecule has 4 heterocycles. The molecular formula is C25H39N5OS. The molecule has 176 valence electrons. The highest BCUT2D eigenvalue weighted by Gasteiger charge is 2.27. The molecule has 2 atom stereocenters. The van der Waals surface area contributed by atoms with Crippen LogP contribution in [0.15, 0.2) is 6.33 Å². The fourth-order valence-electron chi connectivity index (χ4n) is 5.55. The van der Waals surface area contributed by atoms with Crippen molar-refractivity contribution >= 4 is 33.3 Å². The van der Waals surface area contributed by atoms with Gasteiger partial charge >= 0.3 is 0 Å². The van der Waals surface area contributed by atoms with Crippen LogP contribution in [0.3, 0.4) is 0 Å². The van der Waals surface area contributed by atoms with E-state index in [0.29, 0.717) is 0 Å². The number of thiophene rings is 1. The van der Waals surface area contributed by atoms with Crippen LogP contribution in [0.2, 0.25) is 0 Å². The maximum absolute atomic E-state index is 12.7. The van der Waals surface area contributed by atoms with Crippen molar-refractivity contribution in [1.82, 2.24) is 20.2 Å². The molecule has 6 nitrogen and oxygen atoms in total. The van der Waals surface area contributed by atoms with Gasteiger partial charge in [0.2, 0.25) is 5.91 Å². The van der Waals surface area contributed by atoms with Crippen LogP contribution in [0.1, 0.15) is 56.4 Å². The summed E-state index contributed by atoms with van der Waals surface area (Å²) in [5.74, 6) is 3.03. The van der Waals surface area contributed by atoms with Crippen molar-refractivity contribution in [1.29, 1.82) is 0 Å². The average molecular weight is 458 g/mol. The van der Waals surface area contributed by atoms with Crippen LogP contribution in [0, 0.1) is 31.6 Å². The number of unbranched alkanes of at least 4 members (excludes halogenated alkanes) is 1. The van der Waals surface area contributed by atoms with Crippen molar-refractivity contribution in [2.24, 2.45) is 17.8 Å². The van der Waals surface area contributed by atoms with Gasteiger partial charge in [-0.3, -0.25) is 4.79 Å². The number of fused-ring (bicyclic) bond motifs is 1. The minimum Gasteiger partial charge on any atom is -0.356 e. The zero-order valence-electron chi connectivity index (χ0n) is 20.2. The van der Waals surface area contributed by atoms with E-state index in [2.05, 4.69) is 52.8 Å². The highest BCUT2D eigenvalue weighted by molar-refractivity contribution is 7.18. The van der Waals surface area contributed by atoms with Crippen LogP contribution in [0.4, 0.5) is 5.82 Å². The van der Waals surface area contributed by atoms with Gasteiger partial charge in [0.25, 0.3) is 0 Å². The molecule has 2 aromatic heterocycles. The van der Waals surface area contributed by atoms with Gasteiger partial charge in [-0.25, -0.2) is 9.97 Å². The van der Waals surface area contributed by atoms with Gasteiger partial charge in [0.05, 0.1) is 5.39 Å². The second-order valence-electron chi connectivity index (χ2n) is 10.1. The van der Waals surface area contributed by atoms with Gasteiger partial charge in [-0.05, 0) is 69.9 Å².